The zero-order valence-corrected chi connectivity index (χ0v) is 9.94. The van der Waals surface area contributed by atoms with Crippen LogP contribution in [0.4, 0.5) is 0 Å². The smallest absolute Gasteiger partial charge is 0.0553 e. The molecular formula is C12H19N3O. The van der Waals surface area contributed by atoms with Crippen molar-refractivity contribution in [3.05, 3.63) is 18.0 Å². The van der Waals surface area contributed by atoms with Gasteiger partial charge in [0.15, 0.2) is 0 Å². The van der Waals surface area contributed by atoms with E-state index in [0.717, 1.165) is 19.8 Å². The van der Waals surface area contributed by atoms with Gasteiger partial charge in [-0.15, -0.1) is 0 Å². The molecule has 0 amide bonds. The molecule has 4 heteroatoms. The van der Waals surface area contributed by atoms with Gasteiger partial charge in [0.05, 0.1) is 12.8 Å². The van der Waals surface area contributed by atoms with Crippen molar-refractivity contribution in [1.29, 1.82) is 0 Å². The minimum absolute atomic E-state index is 0.352. The van der Waals surface area contributed by atoms with Crippen LogP contribution >= 0.6 is 0 Å². The van der Waals surface area contributed by atoms with E-state index in [9.17, 15) is 0 Å². The summed E-state index contributed by atoms with van der Waals surface area (Å²) < 4.78 is 7.57. The van der Waals surface area contributed by atoms with Gasteiger partial charge in [-0.25, -0.2) is 0 Å². The second kappa shape index (κ2) is 3.57. The van der Waals surface area contributed by atoms with Crippen molar-refractivity contribution in [2.24, 2.45) is 5.41 Å². The second-order valence-corrected chi connectivity index (χ2v) is 5.33. The molecule has 1 aromatic rings. The first-order valence-corrected chi connectivity index (χ1v) is 6.06. The Balaban J connectivity index is 1.81. The summed E-state index contributed by atoms with van der Waals surface area (Å²) in [6, 6.07) is 0.882. The van der Waals surface area contributed by atoms with Crippen molar-refractivity contribution in [2.45, 2.75) is 32.4 Å². The average Bonchev–Trinajstić information content (AvgIpc) is 2.85. The number of nitrogens with one attached hydrogen (secondary N) is 1. The number of hydrogen-bond acceptors (Lipinski definition) is 3. The van der Waals surface area contributed by atoms with Crippen molar-refractivity contribution in [3.8, 4) is 0 Å². The SMILES string of the molecule is CC(C)n1cc(C2NCC23CCOC3)cn1. The van der Waals surface area contributed by atoms with Crippen LogP contribution in [0.25, 0.3) is 0 Å². The number of aromatic nitrogens is 2. The summed E-state index contributed by atoms with van der Waals surface area (Å²) >= 11 is 0. The third kappa shape index (κ3) is 1.40. The maximum atomic E-state index is 5.54. The van der Waals surface area contributed by atoms with Crippen LogP contribution in [0.1, 0.15) is 37.9 Å². The topological polar surface area (TPSA) is 39.1 Å². The molecule has 2 atom stereocenters. The van der Waals surface area contributed by atoms with Gasteiger partial charge >= 0.3 is 0 Å². The minimum atomic E-state index is 0.352. The molecule has 0 bridgehead atoms. The third-order valence-electron chi connectivity index (χ3n) is 3.89. The third-order valence-corrected chi connectivity index (χ3v) is 3.89. The first kappa shape index (κ1) is 10.3. The predicted molar refractivity (Wildman–Crippen MR) is 61.2 cm³/mol. The Morgan fingerprint density at radius 3 is 3.00 bits per heavy atom. The van der Waals surface area contributed by atoms with E-state index in [1.54, 1.807) is 0 Å². The lowest BCUT2D eigenvalue weighted by atomic mass is 9.71. The highest BCUT2D eigenvalue weighted by Crippen LogP contribution is 2.46. The van der Waals surface area contributed by atoms with Crippen LogP contribution in [0, 0.1) is 5.41 Å². The van der Waals surface area contributed by atoms with Gasteiger partial charge in [0.2, 0.25) is 0 Å². The summed E-state index contributed by atoms with van der Waals surface area (Å²) in [7, 11) is 0. The van der Waals surface area contributed by atoms with Crippen LogP contribution in [0.2, 0.25) is 0 Å². The van der Waals surface area contributed by atoms with Crippen LogP contribution in [0.15, 0.2) is 12.4 Å². The fourth-order valence-corrected chi connectivity index (χ4v) is 2.74. The van der Waals surface area contributed by atoms with E-state index in [1.807, 2.05) is 10.9 Å². The van der Waals surface area contributed by atoms with E-state index >= 15 is 0 Å². The first-order chi connectivity index (χ1) is 7.71. The van der Waals surface area contributed by atoms with Crippen molar-refractivity contribution in [2.75, 3.05) is 19.8 Å². The van der Waals surface area contributed by atoms with Crippen LogP contribution in [-0.2, 0) is 4.74 Å². The molecule has 2 fully saturated rings. The average molecular weight is 221 g/mol. The van der Waals surface area contributed by atoms with Crippen LogP contribution in [-0.4, -0.2) is 29.5 Å². The fourth-order valence-electron chi connectivity index (χ4n) is 2.74. The number of hydrogen-bond donors (Lipinski definition) is 1. The summed E-state index contributed by atoms with van der Waals surface area (Å²) in [5, 5.41) is 7.92. The molecule has 0 aliphatic carbocycles. The summed E-state index contributed by atoms with van der Waals surface area (Å²) in [4.78, 5) is 0. The standard InChI is InChI=1S/C12H19N3O/c1-9(2)15-6-10(5-14-15)11-12(7-13-11)3-4-16-8-12/h5-6,9,11,13H,3-4,7-8H2,1-2H3. The first-order valence-electron chi connectivity index (χ1n) is 6.06. The molecule has 0 radical (unpaired) electrons. The second-order valence-electron chi connectivity index (χ2n) is 5.33. The molecule has 3 heterocycles. The Bertz CT molecular complexity index is 379. The molecule has 2 aliphatic rings. The highest BCUT2D eigenvalue weighted by atomic mass is 16.5. The molecular weight excluding hydrogens is 202 g/mol. The molecule has 2 saturated heterocycles. The Morgan fingerprint density at radius 2 is 2.50 bits per heavy atom. The van der Waals surface area contributed by atoms with Gasteiger partial charge in [0.25, 0.3) is 0 Å². The Kier molecular flexibility index (Phi) is 2.30. The van der Waals surface area contributed by atoms with Gasteiger partial charge in [-0.2, -0.15) is 5.10 Å². The molecule has 0 saturated carbocycles. The highest BCUT2D eigenvalue weighted by molar-refractivity contribution is 5.21. The normalized spacial score (nSPS) is 33.6. The molecule has 2 unspecified atom stereocenters. The zero-order chi connectivity index (χ0) is 11.2. The van der Waals surface area contributed by atoms with Crippen LogP contribution in [0.5, 0.6) is 0 Å². The van der Waals surface area contributed by atoms with E-state index in [2.05, 4.69) is 30.5 Å². The van der Waals surface area contributed by atoms with Gasteiger partial charge in [-0.05, 0) is 20.3 Å². The lowest BCUT2D eigenvalue weighted by molar-refractivity contribution is 0.0576. The van der Waals surface area contributed by atoms with E-state index in [4.69, 9.17) is 4.74 Å². The van der Waals surface area contributed by atoms with Crippen molar-refractivity contribution in [3.63, 3.8) is 0 Å². The highest BCUT2D eigenvalue weighted by Gasteiger charge is 2.50. The molecule has 1 N–H and O–H groups in total. The van der Waals surface area contributed by atoms with Crippen molar-refractivity contribution >= 4 is 0 Å². The number of nitrogens with zero attached hydrogens (tertiary/aromatic N) is 2. The number of ether oxygens (including phenoxy) is 1. The van der Waals surface area contributed by atoms with E-state index in [1.165, 1.54) is 12.0 Å². The Morgan fingerprint density at radius 1 is 1.62 bits per heavy atom. The molecule has 16 heavy (non-hydrogen) atoms. The van der Waals surface area contributed by atoms with Gasteiger partial charge in [0.1, 0.15) is 0 Å². The monoisotopic (exact) mass is 221 g/mol. The maximum Gasteiger partial charge on any atom is 0.0553 e. The minimum Gasteiger partial charge on any atom is -0.381 e. The van der Waals surface area contributed by atoms with Gasteiger partial charge in [-0.1, -0.05) is 0 Å². The molecule has 3 rings (SSSR count). The largest absolute Gasteiger partial charge is 0.381 e. The van der Waals surface area contributed by atoms with E-state index in [-0.39, 0.29) is 0 Å². The van der Waals surface area contributed by atoms with Crippen LogP contribution < -0.4 is 5.32 Å². The van der Waals surface area contributed by atoms with Crippen LogP contribution in [0.3, 0.4) is 0 Å². The lowest BCUT2D eigenvalue weighted by Crippen LogP contribution is -2.56. The van der Waals surface area contributed by atoms with E-state index in [0.29, 0.717) is 17.5 Å². The molecule has 2 aliphatic heterocycles. The maximum absolute atomic E-state index is 5.54. The predicted octanol–water partition coefficient (Wildman–Crippen LogP) is 1.51. The summed E-state index contributed by atoms with van der Waals surface area (Å²) in [6.07, 6.45) is 5.34. The summed E-state index contributed by atoms with van der Waals surface area (Å²) in [5.74, 6) is 0. The lowest BCUT2D eigenvalue weighted by Gasteiger charge is -2.46. The molecule has 0 aromatic carbocycles. The van der Waals surface area contributed by atoms with Crippen molar-refractivity contribution < 1.29 is 4.74 Å². The summed E-state index contributed by atoms with van der Waals surface area (Å²) in [5.41, 5.74) is 1.66. The summed E-state index contributed by atoms with van der Waals surface area (Å²) in [6.45, 7) is 7.21. The number of rotatable bonds is 2. The van der Waals surface area contributed by atoms with E-state index < -0.39 is 0 Å². The molecule has 1 spiro atoms. The van der Waals surface area contributed by atoms with Gasteiger partial charge < -0.3 is 10.1 Å². The molecule has 1 aromatic heterocycles. The quantitative estimate of drug-likeness (QED) is 0.823. The Labute approximate surface area is 96.0 Å². The fraction of sp³-hybridized carbons (Fsp3) is 0.750. The molecule has 88 valence electrons. The van der Waals surface area contributed by atoms with Gasteiger partial charge in [0, 0.05) is 42.4 Å². The van der Waals surface area contributed by atoms with Gasteiger partial charge in [-0.3, -0.25) is 4.68 Å². The zero-order valence-electron chi connectivity index (χ0n) is 9.94. The Hall–Kier alpha value is -0.870. The molecule has 4 nitrogen and oxygen atoms in total. The van der Waals surface area contributed by atoms with Crippen molar-refractivity contribution in [1.82, 2.24) is 15.1 Å².